The van der Waals surface area contributed by atoms with Crippen LogP contribution in [0.4, 0.5) is 4.79 Å². The normalized spacial score (nSPS) is 12.1. The number of fused-ring (bicyclic) bond motifs is 1. The fraction of sp³-hybridized carbons (Fsp3) is 0.290. The summed E-state index contributed by atoms with van der Waals surface area (Å²) in [7, 11) is 2.91. The summed E-state index contributed by atoms with van der Waals surface area (Å²) in [4.78, 5) is 26.5. The highest BCUT2D eigenvalue weighted by Crippen LogP contribution is 2.29. The van der Waals surface area contributed by atoms with E-state index in [4.69, 9.17) is 4.74 Å². The van der Waals surface area contributed by atoms with E-state index >= 15 is 0 Å². The number of urea groups is 1. The monoisotopic (exact) mass is 576 g/mol. The molecule has 2 N–H and O–H groups in total. The number of hydrogen-bond donors (Lipinski definition) is 2. The van der Waals surface area contributed by atoms with Gasteiger partial charge in [-0.15, -0.1) is 0 Å². The van der Waals surface area contributed by atoms with Crippen LogP contribution in [0.25, 0.3) is 10.9 Å². The zero-order chi connectivity index (χ0) is 29.9. The third-order valence-corrected chi connectivity index (χ3v) is 8.49. The summed E-state index contributed by atoms with van der Waals surface area (Å²) in [6.07, 6.45) is 3.29. The molecule has 0 aliphatic heterocycles. The van der Waals surface area contributed by atoms with Gasteiger partial charge in [0.05, 0.1) is 12.0 Å². The number of nitrogens with one attached hydrogen (secondary N) is 2. The lowest BCUT2D eigenvalue weighted by Crippen LogP contribution is -2.40. The first kappa shape index (κ1) is 29.7. The maximum Gasteiger partial charge on any atom is 0.317 e. The molecule has 0 fully saturated rings. The Morgan fingerprint density at radius 1 is 1.02 bits per heavy atom. The molecule has 0 radical (unpaired) electrons. The van der Waals surface area contributed by atoms with Crippen molar-refractivity contribution in [2.45, 2.75) is 37.6 Å². The number of carbonyl (C=O) groups excluding carboxylic acids is 2. The van der Waals surface area contributed by atoms with Gasteiger partial charge in [0.2, 0.25) is 0 Å². The van der Waals surface area contributed by atoms with E-state index in [1.54, 1.807) is 57.4 Å². The number of aromatic nitrogens is 1. The standard InChI is InChI=1S/C31H36N4O5S/c1-20-9-7-8-10-29(20)41(38,39)33-30(36)24-13-12-23(28(18-24)40-6)17-25-19-35(5)27-14-11-22(16-26(25)27)15-21(2)32-31(37)34(3)4/h7-14,16,18-19,21H,15,17H2,1-6H3,(H,32,37)(H,33,36). The molecule has 1 unspecified atom stereocenters. The average molecular weight is 577 g/mol. The van der Waals surface area contributed by atoms with Crippen LogP contribution in [0.15, 0.2) is 71.8 Å². The molecule has 0 spiro atoms. The average Bonchev–Trinajstić information content (AvgIpc) is 3.22. The van der Waals surface area contributed by atoms with Gasteiger partial charge >= 0.3 is 6.03 Å². The Morgan fingerprint density at radius 3 is 2.44 bits per heavy atom. The molecule has 9 nitrogen and oxygen atoms in total. The first-order valence-corrected chi connectivity index (χ1v) is 14.7. The first-order valence-electron chi connectivity index (χ1n) is 13.2. The van der Waals surface area contributed by atoms with Crippen molar-refractivity contribution < 1.29 is 22.7 Å². The lowest BCUT2D eigenvalue weighted by atomic mass is 9.99. The summed E-state index contributed by atoms with van der Waals surface area (Å²) in [6, 6.07) is 17.6. The zero-order valence-electron chi connectivity index (χ0n) is 24.2. The fourth-order valence-electron chi connectivity index (χ4n) is 4.86. The Hall–Kier alpha value is -4.31. The molecule has 1 aromatic heterocycles. The number of carbonyl (C=O) groups is 2. The fourth-order valence-corrected chi connectivity index (χ4v) is 6.09. The number of benzene rings is 3. The minimum Gasteiger partial charge on any atom is -0.496 e. The number of ether oxygens (including phenoxy) is 1. The van der Waals surface area contributed by atoms with E-state index in [0.717, 1.165) is 27.6 Å². The Kier molecular flexibility index (Phi) is 8.72. The van der Waals surface area contributed by atoms with Crippen LogP contribution < -0.4 is 14.8 Å². The van der Waals surface area contributed by atoms with Gasteiger partial charge in [0.1, 0.15) is 5.75 Å². The molecule has 41 heavy (non-hydrogen) atoms. The Balaban J connectivity index is 1.56. The van der Waals surface area contributed by atoms with E-state index in [-0.39, 0.29) is 22.5 Å². The van der Waals surface area contributed by atoms with Gasteiger partial charge in [-0.2, -0.15) is 0 Å². The third kappa shape index (κ3) is 6.71. The molecule has 1 atom stereocenters. The quantitative estimate of drug-likeness (QED) is 0.307. The highest BCUT2D eigenvalue weighted by atomic mass is 32.2. The van der Waals surface area contributed by atoms with Crippen molar-refractivity contribution in [3.8, 4) is 5.75 Å². The van der Waals surface area contributed by atoms with Crippen molar-refractivity contribution in [1.82, 2.24) is 19.5 Å². The van der Waals surface area contributed by atoms with Gasteiger partial charge in [-0.3, -0.25) is 4.79 Å². The predicted octanol–water partition coefficient (Wildman–Crippen LogP) is 4.41. The molecule has 4 aromatic rings. The molecule has 216 valence electrons. The van der Waals surface area contributed by atoms with Gasteiger partial charge in [0, 0.05) is 56.3 Å². The van der Waals surface area contributed by atoms with Crippen molar-refractivity contribution in [2.24, 2.45) is 7.05 Å². The van der Waals surface area contributed by atoms with Crippen molar-refractivity contribution in [1.29, 1.82) is 0 Å². The molecule has 10 heteroatoms. The molecule has 3 aromatic carbocycles. The molecule has 0 aliphatic rings. The van der Waals surface area contributed by atoms with E-state index in [9.17, 15) is 18.0 Å². The van der Waals surface area contributed by atoms with Gasteiger partial charge in [-0.25, -0.2) is 17.9 Å². The number of amides is 3. The van der Waals surface area contributed by atoms with Crippen LogP contribution in [0.2, 0.25) is 0 Å². The van der Waals surface area contributed by atoms with Crippen LogP contribution in [-0.2, 0) is 29.9 Å². The Morgan fingerprint density at radius 2 is 1.76 bits per heavy atom. The van der Waals surface area contributed by atoms with Crippen LogP contribution in [0.1, 0.15) is 39.5 Å². The molecular formula is C31H36N4O5S. The third-order valence-electron chi connectivity index (χ3n) is 6.99. The van der Waals surface area contributed by atoms with Gasteiger partial charge < -0.3 is 19.5 Å². The van der Waals surface area contributed by atoms with E-state index in [0.29, 0.717) is 24.2 Å². The van der Waals surface area contributed by atoms with E-state index < -0.39 is 15.9 Å². The number of aryl methyl sites for hydroxylation is 2. The van der Waals surface area contributed by atoms with Crippen molar-refractivity contribution >= 4 is 32.9 Å². The largest absolute Gasteiger partial charge is 0.496 e. The molecule has 1 heterocycles. The first-order chi connectivity index (χ1) is 19.4. The summed E-state index contributed by atoms with van der Waals surface area (Å²) in [5.41, 5.74) is 4.83. The SMILES string of the molecule is COc1cc(C(=O)NS(=O)(=O)c2ccccc2C)ccc1Cc1cn(C)c2ccc(CC(C)NC(=O)N(C)C)cc12. The maximum atomic E-state index is 12.9. The number of nitrogens with zero attached hydrogens (tertiary/aromatic N) is 2. The van der Waals surface area contributed by atoms with E-state index in [1.807, 2.05) is 14.0 Å². The lowest BCUT2D eigenvalue weighted by molar-refractivity contribution is 0.0981. The molecule has 0 saturated carbocycles. The van der Waals surface area contributed by atoms with Gasteiger partial charge in [-0.05, 0) is 72.9 Å². The number of sulfonamides is 1. The minimum absolute atomic E-state index is 0.0390. The van der Waals surface area contributed by atoms with Crippen LogP contribution in [0.3, 0.4) is 0 Å². The van der Waals surface area contributed by atoms with Gasteiger partial charge in [0.15, 0.2) is 0 Å². The Bertz CT molecular complexity index is 1710. The van der Waals surface area contributed by atoms with Crippen LogP contribution >= 0.6 is 0 Å². The summed E-state index contributed by atoms with van der Waals surface area (Å²) >= 11 is 0. The van der Waals surface area contributed by atoms with Gasteiger partial charge in [0.25, 0.3) is 15.9 Å². The number of methoxy groups -OCH3 is 1. The van der Waals surface area contributed by atoms with E-state index in [2.05, 4.69) is 39.0 Å². The van der Waals surface area contributed by atoms with Crippen LogP contribution in [0, 0.1) is 6.92 Å². The van der Waals surface area contributed by atoms with Crippen molar-refractivity contribution in [3.05, 3.63) is 94.7 Å². The molecule has 4 rings (SSSR count). The van der Waals surface area contributed by atoms with E-state index in [1.165, 1.54) is 18.1 Å². The van der Waals surface area contributed by atoms with Crippen molar-refractivity contribution in [2.75, 3.05) is 21.2 Å². The predicted molar refractivity (Wildman–Crippen MR) is 160 cm³/mol. The number of hydrogen-bond acceptors (Lipinski definition) is 5. The Labute approximate surface area is 241 Å². The second-order valence-electron chi connectivity index (χ2n) is 10.5. The van der Waals surface area contributed by atoms with Gasteiger partial charge in [-0.1, -0.05) is 30.3 Å². The zero-order valence-corrected chi connectivity index (χ0v) is 25.0. The minimum atomic E-state index is -4.03. The van der Waals surface area contributed by atoms with Crippen LogP contribution in [-0.4, -0.2) is 57.1 Å². The highest BCUT2D eigenvalue weighted by molar-refractivity contribution is 7.90. The van der Waals surface area contributed by atoms with Crippen molar-refractivity contribution in [3.63, 3.8) is 0 Å². The molecule has 3 amide bonds. The second kappa shape index (κ2) is 12.1. The topological polar surface area (TPSA) is 110 Å². The summed E-state index contributed by atoms with van der Waals surface area (Å²) in [5.74, 6) is -0.248. The second-order valence-corrected chi connectivity index (χ2v) is 12.1. The lowest BCUT2D eigenvalue weighted by Gasteiger charge is -2.18. The number of rotatable bonds is 9. The maximum absolute atomic E-state index is 12.9. The smallest absolute Gasteiger partial charge is 0.317 e. The summed E-state index contributed by atoms with van der Waals surface area (Å²) in [5, 5.41) is 4.07. The molecule has 0 bridgehead atoms. The molecule has 0 saturated heterocycles. The summed E-state index contributed by atoms with van der Waals surface area (Å²) < 4.78 is 35.5. The highest BCUT2D eigenvalue weighted by Gasteiger charge is 2.22. The molecule has 0 aliphatic carbocycles. The molecular weight excluding hydrogens is 540 g/mol. The summed E-state index contributed by atoms with van der Waals surface area (Å²) in [6.45, 7) is 3.66. The van der Waals surface area contributed by atoms with Crippen LogP contribution in [0.5, 0.6) is 5.75 Å².